The topological polar surface area (TPSA) is 94.8 Å². The molecule has 3 aromatic heterocycles. The molecule has 1 aromatic carbocycles. The second-order valence-corrected chi connectivity index (χ2v) is 7.93. The van der Waals surface area contributed by atoms with Crippen LogP contribution in [-0.4, -0.2) is 37.4 Å². The fourth-order valence-corrected chi connectivity index (χ4v) is 4.36. The molecular formula is C18H18N6O2S2. The number of methoxy groups -OCH3 is 1. The zero-order valence-corrected chi connectivity index (χ0v) is 17.2. The fraction of sp³-hybridized carbons (Fsp3) is 0.278. The van der Waals surface area contributed by atoms with Gasteiger partial charge in [0.05, 0.1) is 28.7 Å². The molecule has 0 fully saturated rings. The summed E-state index contributed by atoms with van der Waals surface area (Å²) in [6, 6.07) is 7.53. The number of nitrogens with one attached hydrogen (secondary N) is 1. The first-order valence-electron chi connectivity index (χ1n) is 8.73. The number of hydrogen-bond acceptors (Lipinski definition) is 8. The number of ether oxygens (including phenoxy) is 1. The molecule has 0 atom stereocenters. The molecule has 3 heterocycles. The molecule has 0 saturated carbocycles. The Morgan fingerprint density at radius 1 is 1.32 bits per heavy atom. The predicted octanol–water partition coefficient (Wildman–Crippen LogP) is 3.86. The molecule has 4 aromatic rings. The van der Waals surface area contributed by atoms with Crippen molar-refractivity contribution in [2.24, 2.45) is 0 Å². The molecule has 8 nitrogen and oxygen atoms in total. The molecule has 1 N–H and O–H groups in total. The number of thiazole rings is 1. The summed E-state index contributed by atoms with van der Waals surface area (Å²) in [7, 11) is 1.63. The summed E-state index contributed by atoms with van der Waals surface area (Å²) in [5, 5.41) is 12.2. The van der Waals surface area contributed by atoms with Crippen molar-refractivity contribution < 1.29 is 9.53 Å². The fourth-order valence-electron chi connectivity index (χ4n) is 2.80. The van der Waals surface area contributed by atoms with Gasteiger partial charge >= 0.3 is 0 Å². The van der Waals surface area contributed by atoms with E-state index >= 15 is 0 Å². The zero-order valence-electron chi connectivity index (χ0n) is 15.6. The number of amides is 1. The number of fused-ring (bicyclic) bond motifs is 1. The van der Waals surface area contributed by atoms with Gasteiger partial charge in [0.1, 0.15) is 16.4 Å². The van der Waals surface area contributed by atoms with Crippen LogP contribution in [0.1, 0.15) is 34.4 Å². The number of rotatable bonds is 6. The molecule has 0 radical (unpaired) electrons. The van der Waals surface area contributed by atoms with E-state index < -0.39 is 0 Å². The molecule has 0 aliphatic rings. The van der Waals surface area contributed by atoms with Gasteiger partial charge in [0.15, 0.2) is 0 Å². The smallest absolute Gasteiger partial charge is 0.270 e. The maximum absolute atomic E-state index is 12.8. The van der Waals surface area contributed by atoms with E-state index in [0.717, 1.165) is 51.7 Å². The van der Waals surface area contributed by atoms with Crippen LogP contribution in [0.15, 0.2) is 24.3 Å². The number of carbonyl (C=O) groups excluding carboxylic acids is 1. The molecule has 28 heavy (non-hydrogen) atoms. The van der Waals surface area contributed by atoms with Crippen LogP contribution in [-0.2, 0) is 6.42 Å². The lowest BCUT2D eigenvalue weighted by Gasteiger charge is -2.05. The Bertz CT molecular complexity index is 1150. The maximum atomic E-state index is 12.8. The van der Waals surface area contributed by atoms with Crippen LogP contribution in [0.25, 0.3) is 15.3 Å². The maximum Gasteiger partial charge on any atom is 0.270 e. The van der Waals surface area contributed by atoms with Crippen molar-refractivity contribution in [1.29, 1.82) is 0 Å². The Labute approximate surface area is 169 Å². The van der Waals surface area contributed by atoms with E-state index in [2.05, 4.69) is 25.0 Å². The van der Waals surface area contributed by atoms with Crippen LogP contribution >= 0.6 is 22.9 Å². The summed E-state index contributed by atoms with van der Waals surface area (Å²) in [5.41, 5.74) is 2.35. The minimum Gasteiger partial charge on any atom is -0.497 e. The van der Waals surface area contributed by atoms with Crippen molar-refractivity contribution in [3.63, 3.8) is 0 Å². The third-order valence-corrected chi connectivity index (χ3v) is 5.85. The largest absolute Gasteiger partial charge is 0.497 e. The summed E-state index contributed by atoms with van der Waals surface area (Å²) in [4.78, 5) is 17.9. The summed E-state index contributed by atoms with van der Waals surface area (Å²) >= 11 is 2.58. The summed E-state index contributed by atoms with van der Waals surface area (Å²) < 4.78 is 11.8. The lowest BCUT2D eigenvalue weighted by Crippen LogP contribution is -2.15. The van der Waals surface area contributed by atoms with Crippen LogP contribution in [0.5, 0.6) is 5.75 Å². The van der Waals surface area contributed by atoms with Crippen LogP contribution < -0.4 is 10.1 Å². The Hall–Kier alpha value is -2.85. The average Bonchev–Trinajstić information content (AvgIpc) is 3.39. The van der Waals surface area contributed by atoms with Gasteiger partial charge < -0.3 is 10.1 Å². The highest BCUT2D eigenvalue weighted by molar-refractivity contribution is 7.20. The summed E-state index contributed by atoms with van der Waals surface area (Å²) in [5.74, 6) is 1.10. The molecule has 0 saturated heterocycles. The molecule has 0 spiro atoms. The summed E-state index contributed by atoms with van der Waals surface area (Å²) in [6.07, 6.45) is 1.62. The second kappa shape index (κ2) is 7.64. The van der Waals surface area contributed by atoms with Gasteiger partial charge in [-0.25, -0.2) is 4.98 Å². The quantitative estimate of drug-likeness (QED) is 0.515. The highest BCUT2D eigenvalue weighted by Gasteiger charge is 2.19. The standard InChI is InChI=1S/C18H18N6O2S2/c1-4-5-13-16(28-23-21-13)17(25)20-15-8-10(2)22-24(15)18-19-12-7-6-11(26-3)9-14(12)27-18/h6-9H,4-5H2,1-3H3,(H,20,25). The molecule has 0 aliphatic heterocycles. The Morgan fingerprint density at radius 2 is 2.18 bits per heavy atom. The third-order valence-electron chi connectivity index (χ3n) is 4.09. The van der Waals surface area contributed by atoms with Crippen molar-refractivity contribution >= 4 is 44.8 Å². The van der Waals surface area contributed by atoms with Gasteiger partial charge in [-0.05, 0) is 43.1 Å². The Morgan fingerprint density at radius 3 is 2.96 bits per heavy atom. The first-order valence-corrected chi connectivity index (χ1v) is 10.3. The van der Waals surface area contributed by atoms with Gasteiger partial charge in [0.25, 0.3) is 5.91 Å². The number of aryl methyl sites for hydroxylation is 2. The Kier molecular flexibility index (Phi) is 5.05. The van der Waals surface area contributed by atoms with Crippen LogP contribution in [0, 0.1) is 6.92 Å². The van der Waals surface area contributed by atoms with Gasteiger partial charge in [-0.3, -0.25) is 4.79 Å². The number of nitrogens with zero attached hydrogens (tertiary/aromatic N) is 5. The highest BCUT2D eigenvalue weighted by Crippen LogP contribution is 2.30. The van der Waals surface area contributed by atoms with Gasteiger partial charge in [0, 0.05) is 6.07 Å². The molecule has 0 aliphatic carbocycles. The molecular weight excluding hydrogens is 396 g/mol. The van der Waals surface area contributed by atoms with Crippen molar-refractivity contribution in [2.75, 3.05) is 12.4 Å². The van der Waals surface area contributed by atoms with E-state index in [1.807, 2.05) is 38.1 Å². The lowest BCUT2D eigenvalue weighted by molar-refractivity contribution is 0.102. The Balaban J connectivity index is 1.67. The van der Waals surface area contributed by atoms with E-state index in [1.54, 1.807) is 11.8 Å². The zero-order chi connectivity index (χ0) is 19.7. The predicted molar refractivity (Wildman–Crippen MR) is 110 cm³/mol. The van der Waals surface area contributed by atoms with Crippen molar-refractivity contribution in [1.82, 2.24) is 24.4 Å². The average molecular weight is 415 g/mol. The minimum atomic E-state index is -0.234. The highest BCUT2D eigenvalue weighted by atomic mass is 32.1. The van der Waals surface area contributed by atoms with Crippen LogP contribution in [0.2, 0.25) is 0 Å². The van der Waals surface area contributed by atoms with Crippen molar-refractivity contribution in [3.05, 3.63) is 40.5 Å². The molecule has 0 unspecified atom stereocenters. The first-order chi connectivity index (χ1) is 13.6. The van der Waals surface area contributed by atoms with E-state index in [9.17, 15) is 4.79 Å². The van der Waals surface area contributed by atoms with E-state index in [4.69, 9.17) is 4.74 Å². The number of carbonyl (C=O) groups is 1. The van der Waals surface area contributed by atoms with Crippen molar-refractivity contribution in [3.8, 4) is 10.9 Å². The van der Waals surface area contributed by atoms with Crippen molar-refractivity contribution in [2.45, 2.75) is 26.7 Å². The second-order valence-electron chi connectivity index (χ2n) is 6.17. The van der Waals surface area contributed by atoms with E-state index in [0.29, 0.717) is 15.8 Å². The number of benzene rings is 1. The van der Waals surface area contributed by atoms with Gasteiger partial charge in [-0.1, -0.05) is 29.2 Å². The monoisotopic (exact) mass is 414 g/mol. The number of hydrogen-bond donors (Lipinski definition) is 1. The van der Waals surface area contributed by atoms with Gasteiger partial charge in [-0.15, -0.1) is 5.10 Å². The lowest BCUT2D eigenvalue weighted by atomic mass is 10.2. The van der Waals surface area contributed by atoms with Crippen LogP contribution in [0.4, 0.5) is 5.82 Å². The molecule has 4 rings (SSSR count). The first kappa shape index (κ1) is 18.5. The molecule has 10 heteroatoms. The third kappa shape index (κ3) is 3.48. The number of anilines is 1. The van der Waals surface area contributed by atoms with E-state index in [1.165, 1.54) is 11.3 Å². The SMILES string of the molecule is CCCc1nnsc1C(=O)Nc1cc(C)nn1-c1nc2ccc(OC)cc2s1. The molecule has 0 bridgehead atoms. The minimum absolute atomic E-state index is 0.234. The molecule has 144 valence electrons. The van der Waals surface area contributed by atoms with Gasteiger partial charge in [0.2, 0.25) is 5.13 Å². The van der Waals surface area contributed by atoms with E-state index in [-0.39, 0.29) is 5.91 Å². The molecule has 1 amide bonds. The normalized spacial score (nSPS) is 11.1. The summed E-state index contributed by atoms with van der Waals surface area (Å²) in [6.45, 7) is 3.92. The number of aromatic nitrogens is 5. The van der Waals surface area contributed by atoms with Gasteiger partial charge in [-0.2, -0.15) is 9.78 Å². The van der Waals surface area contributed by atoms with Crippen LogP contribution in [0.3, 0.4) is 0 Å².